The van der Waals surface area contributed by atoms with Crippen molar-refractivity contribution in [1.29, 1.82) is 0 Å². The van der Waals surface area contributed by atoms with Crippen LogP contribution in [0.25, 0.3) is 5.78 Å². The van der Waals surface area contributed by atoms with Gasteiger partial charge in [0.2, 0.25) is 0 Å². The third kappa shape index (κ3) is 4.77. The summed E-state index contributed by atoms with van der Waals surface area (Å²) in [4.78, 5) is 19.1. The van der Waals surface area contributed by atoms with Crippen molar-refractivity contribution >= 4 is 11.7 Å². The molecule has 0 amide bonds. The minimum absolute atomic E-state index is 0. The molecule has 9 heteroatoms. The fourth-order valence-electron chi connectivity index (χ4n) is 1.84. The molecule has 0 radical (unpaired) electrons. The first kappa shape index (κ1) is 20.1. The van der Waals surface area contributed by atoms with Gasteiger partial charge in [-0.15, -0.1) is 0 Å². The molecule has 0 saturated carbocycles. The molecule has 2 aromatic heterocycles. The summed E-state index contributed by atoms with van der Waals surface area (Å²) in [6.45, 7) is 2.05. The number of fused-ring (bicyclic) bond motifs is 1. The van der Waals surface area contributed by atoms with Crippen LogP contribution in [0.3, 0.4) is 0 Å². The number of benzene rings is 1. The van der Waals surface area contributed by atoms with Crippen LogP contribution in [0, 0.1) is 18.6 Å². The highest BCUT2D eigenvalue weighted by atomic mass is 19.2. The van der Waals surface area contributed by atoms with E-state index in [1.165, 1.54) is 19.5 Å². The Labute approximate surface area is 143 Å². The Bertz CT molecular complexity index is 867. The zero-order chi connectivity index (χ0) is 17.7. The molecule has 0 spiro atoms. The number of rotatable bonds is 2. The lowest BCUT2D eigenvalue weighted by Crippen LogP contribution is -2.08. The molecule has 0 aliphatic carbocycles. The first-order valence-electron chi connectivity index (χ1n) is 6.86. The van der Waals surface area contributed by atoms with E-state index in [2.05, 4.69) is 19.8 Å². The second-order valence-corrected chi connectivity index (χ2v) is 4.70. The van der Waals surface area contributed by atoms with Gasteiger partial charge in [0.15, 0.2) is 17.3 Å². The van der Waals surface area contributed by atoms with E-state index in [4.69, 9.17) is 5.73 Å². The van der Waals surface area contributed by atoms with Crippen molar-refractivity contribution in [3.63, 3.8) is 0 Å². The molecule has 2 N–H and O–H groups in total. The fourth-order valence-corrected chi connectivity index (χ4v) is 1.84. The summed E-state index contributed by atoms with van der Waals surface area (Å²) < 4.78 is 30.7. The van der Waals surface area contributed by atoms with Crippen LogP contribution in [0.2, 0.25) is 0 Å². The predicted molar refractivity (Wildman–Crippen MR) is 87.8 cm³/mol. The molecule has 2 heterocycles. The molecule has 134 valence electrons. The maximum absolute atomic E-state index is 12.3. The van der Waals surface area contributed by atoms with Crippen LogP contribution in [0.5, 0.6) is 0 Å². The summed E-state index contributed by atoms with van der Waals surface area (Å²) in [7, 11) is 1.31. The second-order valence-electron chi connectivity index (χ2n) is 4.70. The highest BCUT2D eigenvalue weighted by molar-refractivity contribution is 5.87. The number of halogens is 2. The molecule has 0 aliphatic heterocycles. The molecule has 25 heavy (non-hydrogen) atoms. The summed E-state index contributed by atoms with van der Waals surface area (Å²) >= 11 is 0. The Morgan fingerprint density at radius 2 is 2.00 bits per heavy atom. The minimum atomic E-state index is -0.844. The number of nitrogens with zero attached hydrogens (tertiary/aromatic N) is 4. The number of nitrogens with two attached hydrogens (primary N) is 1. The highest BCUT2D eigenvalue weighted by Crippen LogP contribution is 2.07. The summed E-state index contributed by atoms with van der Waals surface area (Å²) in [6, 6.07) is 5.22. The standard InChI is InChI=1S/C8H8N4O2.C7H7F2N.CH4/c1-5-3-6(7(13)14-2)11-8-9-4-10-12(5)8;8-6-2-1-5(4-10)3-7(6)9;/h3-4H,1-2H3;1-3H,4,10H2;1H4. The van der Waals surface area contributed by atoms with Gasteiger partial charge in [0, 0.05) is 12.2 Å². The molecule has 1 aromatic carbocycles. The number of hydrogen-bond donors (Lipinski definition) is 1. The monoisotopic (exact) mass is 351 g/mol. The molecule has 0 aliphatic rings. The van der Waals surface area contributed by atoms with Gasteiger partial charge in [-0.1, -0.05) is 13.5 Å². The molecular weight excluding hydrogens is 332 g/mol. The van der Waals surface area contributed by atoms with E-state index in [1.54, 1.807) is 10.6 Å². The van der Waals surface area contributed by atoms with Gasteiger partial charge < -0.3 is 10.5 Å². The van der Waals surface area contributed by atoms with E-state index >= 15 is 0 Å². The SMILES string of the molecule is C.COC(=O)c1cc(C)n2ncnc2n1.NCc1ccc(F)c(F)c1. The molecule has 7 nitrogen and oxygen atoms in total. The predicted octanol–water partition coefficient (Wildman–Crippen LogP) is 2.28. The maximum Gasteiger partial charge on any atom is 0.356 e. The lowest BCUT2D eigenvalue weighted by molar-refractivity contribution is 0.0594. The molecule has 0 unspecified atom stereocenters. The lowest BCUT2D eigenvalue weighted by Gasteiger charge is -2.00. The van der Waals surface area contributed by atoms with E-state index in [9.17, 15) is 13.6 Å². The summed E-state index contributed by atoms with van der Waals surface area (Å²) in [5.74, 6) is -1.76. The normalized spacial score (nSPS) is 9.80. The van der Waals surface area contributed by atoms with Crippen LogP contribution in [-0.2, 0) is 11.3 Å². The van der Waals surface area contributed by atoms with Gasteiger partial charge in [-0.05, 0) is 30.7 Å². The molecule has 0 atom stereocenters. The smallest absolute Gasteiger partial charge is 0.356 e. The van der Waals surface area contributed by atoms with E-state index in [-0.39, 0.29) is 19.7 Å². The van der Waals surface area contributed by atoms with Crippen LogP contribution in [0.1, 0.15) is 29.2 Å². The number of carbonyl (C=O) groups is 1. The number of methoxy groups -OCH3 is 1. The van der Waals surface area contributed by atoms with Crippen LogP contribution >= 0.6 is 0 Å². The number of ether oxygens (including phenoxy) is 1. The van der Waals surface area contributed by atoms with Gasteiger partial charge in [-0.3, -0.25) is 0 Å². The Kier molecular flexibility index (Phi) is 7.06. The molecular formula is C16H19F2N5O2. The average Bonchev–Trinajstić information content (AvgIpc) is 3.06. The Morgan fingerprint density at radius 3 is 2.60 bits per heavy atom. The van der Waals surface area contributed by atoms with Crippen molar-refractivity contribution in [2.45, 2.75) is 20.9 Å². The van der Waals surface area contributed by atoms with E-state index in [0.29, 0.717) is 11.3 Å². The van der Waals surface area contributed by atoms with Crippen molar-refractivity contribution in [2.24, 2.45) is 5.73 Å². The molecule has 0 bridgehead atoms. The van der Waals surface area contributed by atoms with Crippen molar-refractivity contribution in [1.82, 2.24) is 19.6 Å². The number of hydrogen-bond acceptors (Lipinski definition) is 6. The van der Waals surface area contributed by atoms with E-state index in [1.807, 2.05) is 6.92 Å². The Morgan fingerprint density at radius 1 is 1.28 bits per heavy atom. The Balaban J connectivity index is 0.000000254. The molecule has 3 aromatic rings. The van der Waals surface area contributed by atoms with Crippen molar-refractivity contribution < 1.29 is 18.3 Å². The largest absolute Gasteiger partial charge is 0.464 e. The van der Waals surface area contributed by atoms with Gasteiger partial charge >= 0.3 is 5.97 Å². The molecule has 0 saturated heterocycles. The first-order chi connectivity index (χ1) is 11.5. The minimum Gasteiger partial charge on any atom is -0.464 e. The summed E-state index contributed by atoms with van der Waals surface area (Å²) in [5.41, 5.74) is 6.80. The second kappa shape index (κ2) is 8.78. The molecule has 3 rings (SSSR count). The number of carbonyl (C=O) groups excluding carboxylic acids is 1. The van der Waals surface area contributed by atoms with Crippen LogP contribution in [0.15, 0.2) is 30.6 Å². The van der Waals surface area contributed by atoms with Gasteiger partial charge in [0.25, 0.3) is 5.78 Å². The van der Waals surface area contributed by atoms with Crippen LogP contribution in [0.4, 0.5) is 8.78 Å². The van der Waals surface area contributed by atoms with E-state index in [0.717, 1.165) is 17.8 Å². The van der Waals surface area contributed by atoms with Gasteiger partial charge in [-0.2, -0.15) is 10.1 Å². The van der Waals surface area contributed by atoms with E-state index < -0.39 is 17.6 Å². The van der Waals surface area contributed by atoms with Crippen LogP contribution < -0.4 is 5.73 Å². The number of aromatic nitrogens is 4. The highest BCUT2D eigenvalue weighted by Gasteiger charge is 2.11. The van der Waals surface area contributed by atoms with Crippen molar-refractivity contribution in [2.75, 3.05) is 7.11 Å². The van der Waals surface area contributed by atoms with Crippen LogP contribution in [-0.4, -0.2) is 32.7 Å². The summed E-state index contributed by atoms with van der Waals surface area (Å²) in [5, 5.41) is 3.94. The van der Waals surface area contributed by atoms with Gasteiger partial charge in [0.1, 0.15) is 6.33 Å². The first-order valence-corrected chi connectivity index (χ1v) is 6.86. The third-order valence-electron chi connectivity index (χ3n) is 3.04. The fraction of sp³-hybridized carbons (Fsp3) is 0.250. The third-order valence-corrected chi connectivity index (χ3v) is 3.04. The number of aryl methyl sites for hydroxylation is 1. The Hall–Kier alpha value is -2.94. The zero-order valence-corrected chi connectivity index (χ0v) is 13.0. The zero-order valence-electron chi connectivity index (χ0n) is 13.0. The van der Waals surface area contributed by atoms with Gasteiger partial charge in [0.05, 0.1) is 7.11 Å². The lowest BCUT2D eigenvalue weighted by atomic mass is 10.2. The summed E-state index contributed by atoms with van der Waals surface area (Å²) in [6.07, 6.45) is 1.39. The number of esters is 1. The van der Waals surface area contributed by atoms with Gasteiger partial charge in [-0.25, -0.2) is 23.1 Å². The molecule has 0 fully saturated rings. The van der Waals surface area contributed by atoms with Crippen molar-refractivity contribution in [3.8, 4) is 0 Å². The quantitative estimate of drug-likeness (QED) is 0.712. The topological polar surface area (TPSA) is 95.4 Å². The van der Waals surface area contributed by atoms with Crippen molar-refractivity contribution in [3.05, 3.63) is 59.2 Å². The average molecular weight is 351 g/mol. The maximum atomic E-state index is 12.3.